The van der Waals surface area contributed by atoms with E-state index < -0.39 is 0 Å². The van der Waals surface area contributed by atoms with Crippen molar-refractivity contribution in [1.29, 1.82) is 0 Å². The van der Waals surface area contributed by atoms with Gasteiger partial charge in [-0.15, -0.1) is 0 Å². The third kappa shape index (κ3) is 2.11. The molecule has 0 aliphatic heterocycles. The Morgan fingerprint density at radius 2 is 2.00 bits per heavy atom. The van der Waals surface area contributed by atoms with Gasteiger partial charge in [-0.1, -0.05) is 12.1 Å². The summed E-state index contributed by atoms with van der Waals surface area (Å²) in [7, 11) is 0. The molecule has 0 fully saturated rings. The normalized spacial score (nSPS) is 12.8. The van der Waals surface area contributed by atoms with E-state index in [0.29, 0.717) is 18.5 Å². The van der Waals surface area contributed by atoms with Gasteiger partial charge in [-0.3, -0.25) is 0 Å². The maximum Gasteiger partial charge on any atom is 0.162 e. The first-order chi connectivity index (χ1) is 6.16. The van der Waals surface area contributed by atoms with Crippen LogP contribution in [0.2, 0.25) is 0 Å². The van der Waals surface area contributed by atoms with Crippen molar-refractivity contribution >= 4 is 0 Å². The van der Waals surface area contributed by atoms with Crippen LogP contribution in [0, 0.1) is 0 Å². The van der Waals surface area contributed by atoms with Crippen LogP contribution >= 0.6 is 0 Å². The maximum atomic E-state index is 9.42. The van der Waals surface area contributed by atoms with Gasteiger partial charge in [-0.2, -0.15) is 0 Å². The number of para-hydroxylation sites is 1. The van der Waals surface area contributed by atoms with E-state index in [4.69, 9.17) is 11.5 Å². The van der Waals surface area contributed by atoms with E-state index >= 15 is 0 Å². The standard InChI is InChI=1S/C9H14N2O2/c10-5-4-7(11)6-2-1-3-8(12)9(6)13/h1-3,7,12-13H,4-5,10-11H2. The van der Waals surface area contributed by atoms with E-state index in [1.165, 1.54) is 6.07 Å². The Balaban J connectivity index is 2.93. The molecule has 4 nitrogen and oxygen atoms in total. The van der Waals surface area contributed by atoms with Gasteiger partial charge < -0.3 is 21.7 Å². The van der Waals surface area contributed by atoms with Gasteiger partial charge in [0.25, 0.3) is 0 Å². The Labute approximate surface area is 76.8 Å². The lowest BCUT2D eigenvalue weighted by Crippen LogP contribution is -2.15. The van der Waals surface area contributed by atoms with Crippen LogP contribution in [0.3, 0.4) is 0 Å². The summed E-state index contributed by atoms with van der Waals surface area (Å²) >= 11 is 0. The van der Waals surface area contributed by atoms with E-state index in [1.54, 1.807) is 12.1 Å². The molecule has 72 valence electrons. The zero-order chi connectivity index (χ0) is 9.84. The molecule has 1 unspecified atom stereocenters. The summed E-state index contributed by atoms with van der Waals surface area (Å²) in [5.74, 6) is -0.298. The van der Waals surface area contributed by atoms with Crippen LogP contribution < -0.4 is 11.5 Å². The highest BCUT2D eigenvalue weighted by molar-refractivity contribution is 5.45. The second-order valence-corrected chi connectivity index (χ2v) is 2.90. The summed E-state index contributed by atoms with van der Waals surface area (Å²) in [5.41, 5.74) is 11.6. The van der Waals surface area contributed by atoms with Gasteiger partial charge in [-0.25, -0.2) is 0 Å². The summed E-state index contributed by atoms with van der Waals surface area (Å²) in [4.78, 5) is 0. The predicted octanol–water partition coefficient (Wildman–Crippen LogP) is 0.446. The van der Waals surface area contributed by atoms with Crippen molar-refractivity contribution in [2.45, 2.75) is 12.5 Å². The fourth-order valence-electron chi connectivity index (χ4n) is 1.18. The first kappa shape index (κ1) is 9.83. The Kier molecular flexibility index (Phi) is 3.11. The molecule has 6 N–H and O–H groups in total. The summed E-state index contributed by atoms with van der Waals surface area (Å²) in [6, 6.07) is 4.40. The summed E-state index contributed by atoms with van der Waals surface area (Å²) in [6.45, 7) is 0.455. The molecule has 4 heteroatoms. The van der Waals surface area contributed by atoms with Crippen LogP contribution in [-0.4, -0.2) is 16.8 Å². The van der Waals surface area contributed by atoms with Gasteiger partial charge in [0.15, 0.2) is 11.5 Å². The molecular formula is C9H14N2O2. The number of rotatable bonds is 3. The summed E-state index contributed by atoms with van der Waals surface area (Å²) in [5, 5.41) is 18.6. The van der Waals surface area contributed by atoms with Crippen molar-refractivity contribution in [1.82, 2.24) is 0 Å². The molecule has 0 aliphatic carbocycles. The molecule has 1 aromatic carbocycles. The fraction of sp³-hybridized carbons (Fsp3) is 0.333. The maximum absolute atomic E-state index is 9.42. The van der Waals surface area contributed by atoms with Gasteiger partial charge in [-0.05, 0) is 19.0 Å². The topological polar surface area (TPSA) is 92.5 Å². The van der Waals surface area contributed by atoms with E-state index in [0.717, 1.165) is 0 Å². The molecule has 0 spiro atoms. The minimum Gasteiger partial charge on any atom is -0.504 e. The van der Waals surface area contributed by atoms with Crippen molar-refractivity contribution in [2.24, 2.45) is 11.5 Å². The van der Waals surface area contributed by atoms with Crippen molar-refractivity contribution in [3.63, 3.8) is 0 Å². The van der Waals surface area contributed by atoms with Crippen molar-refractivity contribution in [3.05, 3.63) is 23.8 Å². The minimum absolute atomic E-state index is 0.148. The molecule has 1 aromatic rings. The smallest absolute Gasteiger partial charge is 0.162 e. The molecule has 0 radical (unpaired) electrons. The Bertz CT molecular complexity index is 289. The minimum atomic E-state index is -0.322. The van der Waals surface area contributed by atoms with Gasteiger partial charge in [0.1, 0.15) is 0 Å². The van der Waals surface area contributed by atoms with Crippen LogP contribution in [0.5, 0.6) is 11.5 Å². The molecular weight excluding hydrogens is 168 g/mol. The predicted molar refractivity (Wildman–Crippen MR) is 50.4 cm³/mol. The Morgan fingerprint density at radius 3 is 2.62 bits per heavy atom. The van der Waals surface area contributed by atoms with Gasteiger partial charge in [0, 0.05) is 11.6 Å². The van der Waals surface area contributed by atoms with E-state index in [2.05, 4.69) is 0 Å². The van der Waals surface area contributed by atoms with Crippen LogP contribution in [0.25, 0.3) is 0 Å². The molecule has 13 heavy (non-hydrogen) atoms. The van der Waals surface area contributed by atoms with Crippen LogP contribution in [0.15, 0.2) is 18.2 Å². The number of nitrogens with two attached hydrogens (primary N) is 2. The zero-order valence-corrected chi connectivity index (χ0v) is 7.27. The lowest BCUT2D eigenvalue weighted by Gasteiger charge is -2.12. The molecule has 0 bridgehead atoms. The first-order valence-electron chi connectivity index (χ1n) is 4.13. The second-order valence-electron chi connectivity index (χ2n) is 2.90. The summed E-state index contributed by atoms with van der Waals surface area (Å²) < 4.78 is 0. The van der Waals surface area contributed by atoms with Gasteiger partial charge >= 0.3 is 0 Å². The number of benzene rings is 1. The molecule has 0 saturated carbocycles. The Morgan fingerprint density at radius 1 is 1.31 bits per heavy atom. The molecule has 0 saturated heterocycles. The van der Waals surface area contributed by atoms with Gasteiger partial charge in [0.05, 0.1) is 0 Å². The fourth-order valence-corrected chi connectivity index (χ4v) is 1.18. The highest BCUT2D eigenvalue weighted by Gasteiger charge is 2.12. The zero-order valence-electron chi connectivity index (χ0n) is 7.27. The number of phenols is 2. The lowest BCUT2D eigenvalue weighted by molar-refractivity contribution is 0.395. The first-order valence-corrected chi connectivity index (χ1v) is 4.13. The third-order valence-electron chi connectivity index (χ3n) is 1.92. The largest absolute Gasteiger partial charge is 0.504 e. The number of phenolic OH excluding ortho intramolecular Hbond substituents is 2. The van der Waals surface area contributed by atoms with Crippen LogP contribution in [-0.2, 0) is 0 Å². The highest BCUT2D eigenvalue weighted by atomic mass is 16.3. The average Bonchev–Trinajstić information content (AvgIpc) is 2.10. The SMILES string of the molecule is NCCC(N)c1cccc(O)c1O. The average molecular weight is 182 g/mol. The molecule has 0 heterocycles. The van der Waals surface area contributed by atoms with Crippen molar-refractivity contribution < 1.29 is 10.2 Å². The van der Waals surface area contributed by atoms with Gasteiger partial charge in [0.2, 0.25) is 0 Å². The molecule has 0 amide bonds. The Hall–Kier alpha value is -1.26. The number of hydrogen-bond acceptors (Lipinski definition) is 4. The monoisotopic (exact) mass is 182 g/mol. The van der Waals surface area contributed by atoms with Crippen molar-refractivity contribution in [2.75, 3.05) is 6.54 Å². The number of hydrogen-bond donors (Lipinski definition) is 4. The quantitative estimate of drug-likeness (QED) is 0.510. The molecule has 0 aromatic heterocycles. The molecule has 0 aliphatic rings. The van der Waals surface area contributed by atoms with E-state index in [9.17, 15) is 10.2 Å². The van der Waals surface area contributed by atoms with E-state index in [-0.39, 0.29) is 17.5 Å². The van der Waals surface area contributed by atoms with E-state index in [1.807, 2.05) is 0 Å². The van der Waals surface area contributed by atoms with Crippen molar-refractivity contribution in [3.8, 4) is 11.5 Å². The molecule has 1 rings (SSSR count). The highest BCUT2D eigenvalue weighted by Crippen LogP contribution is 2.32. The lowest BCUT2D eigenvalue weighted by atomic mass is 10.0. The third-order valence-corrected chi connectivity index (χ3v) is 1.92. The second kappa shape index (κ2) is 4.11. The van der Waals surface area contributed by atoms with Crippen LogP contribution in [0.1, 0.15) is 18.0 Å². The molecule has 1 atom stereocenters. The number of aromatic hydroxyl groups is 2. The summed E-state index contributed by atoms with van der Waals surface area (Å²) in [6.07, 6.45) is 0.580. The van der Waals surface area contributed by atoms with Crippen LogP contribution in [0.4, 0.5) is 0 Å².